The van der Waals surface area contributed by atoms with Crippen LogP contribution in [0.5, 0.6) is 5.88 Å². The van der Waals surface area contributed by atoms with Gasteiger partial charge in [0.25, 0.3) is 0 Å². The molecule has 0 saturated heterocycles. The van der Waals surface area contributed by atoms with Crippen molar-refractivity contribution in [1.29, 1.82) is 0 Å². The van der Waals surface area contributed by atoms with Crippen molar-refractivity contribution in [3.63, 3.8) is 0 Å². The zero-order valence-electron chi connectivity index (χ0n) is 14.1. The average molecular weight is 356 g/mol. The summed E-state index contributed by atoms with van der Waals surface area (Å²) < 4.78 is 43.2. The maximum atomic E-state index is 12.3. The first-order valence-electron chi connectivity index (χ1n) is 7.56. The summed E-state index contributed by atoms with van der Waals surface area (Å²) in [5.41, 5.74) is 2.87. The SMILES string of the molecule is Cc1nn(C)c(C)c1CC(=O)NCc1cccnc1OCC(F)(F)F. The Labute approximate surface area is 143 Å². The van der Waals surface area contributed by atoms with Crippen LogP contribution in [0.25, 0.3) is 0 Å². The average Bonchev–Trinajstić information content (AvgIpc) is 2.77. The van der Waals surface area contributed by atoms with Gasteiger partial charge in [-0.1, -0.05) is 6.07 Å². The number of halogens is 3. The van der Waals surface area contributed by atoms with Gasteiger partial charge in [-0.2, -0.15) is 18.3 Å². The molecule has 0 aliphatic heterocycles. The zero-order valence-corrected chi connectivity index (χ0v) is 14.1. The number of hydrogen-bond donors (Lipinski definition) is 1. The van der Waals surface area contributed by atoms with Crippen LogP contribution >= 0.6 is 0 Å². The quantitative estimate of drug-likeness (QED) is 0.862. The molecule has 2 rings (SSSR count). The molecule has 25 heavy (non-hydrogen) atoms. The number of aryl methyl sites for hydroxylation is 2. The Kier molecular flexibility index (Phi) is 5.66. The number of carbonyl (C=O) groups is 1. The van der Waals surface area contributed by atoms with Crippen LogP contribution in [-0.4, -0.2) is 33.5 Å². The number of ether oxygens (including phenoxy) is 1. The van der Waals surface area contributed by atoms with Crippen molar-refractivity contribution >= 4 is 5.91 Å². The first kappa shape index (κ1) is 18.8. The fourth-order valence-corrected chi connectivity index (χ4v) is 2.33. The second kappa shape index (κ2) is 7.54. The van der Waals surface area contributed by atoms with Crippen molar-refractivity contribution in [2.45, 2.75) is 33.0 Å². The zero-order chi connectivity index (χ0) is 18.6. The van der Waals surface area contributed by atoms with E-state index in [0.29, 0.717) is 5.56 Å². The molecule has 9 heteroatoms. The van der Waals surface area contributed by atoms with Gasteiger partial charge in [-0.05, 0) is 19.9 Å². The highest BCUT2D eigenvalue weighted by atomic mass is 19.4. The summed E-state index contributed by atoms with van der Waals surface area (Å²) in [6, 6.07) is 3.12. The van der Waals surface area contributed by atoms with Gasteiger partial charge in [-0.15, -0.1) is 0 Å². The number of nitrogens with zero attached hydrogens (tertiary/aromatic N) is 3. The summed E-state index contributed by atoms with van der Waals surface area (Å²) in [6.07, 6.45) is -2.97. The molecule has 0 bridgehead atoms. The molecular weight excluding hydrogens is 337 g/mol. The van der Waals surface area contributed by atoms with Crippen LogP contribution in [0.1, 0.15) is 22.5 Å². The monoisotopic (exact) mass is 356 g/mol. The fraction of sp³-hybridized carbons (Fsp3) is 0.438. The molecule has 2 aromatic rings. The number of amides is 1. The fourth-order valence-electron chi connectivity index (χ4n) is 2.33. The lowest BCUT2D eigenvalue weighted by Gasteiger charge is -2.12. The lowest BCUT2D eigenvalue weighted by atomic mass is 10.1. The maximum Gasteiger partial charge on any atom is 0.422 e. The van der Waals surface area contributed by atoms with Crippen molar-refractivity contribution < 1.29 is 22.7 Å². The van der Waals surface area contributed by atoms with Crippen LogP contribution in [-0.2, 0) is 24.8 Å². The highest BCUT2D eigenvalue weighted by Crippen LogP contribution is 2.20. The molecule has 136 valence electrons. The van der Waals surface area contributed by atoms with E-state index in [-0.39, 0.29) is 24.8 Å². The summed E-state index contributed by atoms with van der Waals surface area (Å²) in [5, 5.41) is 6.91. The molecule has 2 heterocycles. The van der Waals surface area contributed by atoms with Crippen molar-refractivity contribution in [1.82, 2.24) is 20.1 Å². The summed E-state index contributed by atoms with van der Waals surface area (Å²) in [7, 11) is 1.80. The van der Waals surface area contributed by atoms with E-state index in [1.807, 2.05) is 13.8 Å². The summed E-state index contributed by atoms with van der Waals surface area (Å²) in [4.78, 5) is 15.9. The van der Waals surface area contributed by atoms with Crippen LogP contribution < -0.4 is 10.1 Å². The van der Waals surface area contributed by atoms with E-state index in [1.165, 1.54) is 6.20 Å². The maximum absolute atomic E-state index is 12.3. The number of carbonyl (C=O) groups excluding carboxylic acids is 1. The van der Waals surface area contributed by atoms with Crippen LogP contribution in [0.4, 0.5) is 13.2 Å². The summed E-state index contributed by atoms with van der Waals surface area (Å²) in [6.45, 7) is 2.28. The number of rotatable bonds is 6. The minimum Gasteiger partial charge on any atom is -0.468 e. The van der Waals surface area contributed by atoms with Gasteiger partial charge in [0.15, 0.2) is 6.61 Å². The molecule has 0 aromatic carbocycles. The number of nitrogens with one attached hydrogen (secondary N) is 1. The largest absolute Gasteiger partial charge is 0.468 e. The van der Waals surface area contributed by atoms with Gasteiger partial charge in [0.05, 0.1) is 12.1 Å². The number of alkyl halides is 3. The van der Waals surface area contributed by atoms with Crippen LogP contribution in [0, 0.1) is 13.8 Å². The van der Waals surface area contributed by atoms with Crippen LogP contribution in [0.3, 0.4) is 0 Å². The lowest BCUT2D eigenvalue weighted by Crippen LogP contribution is -2.26. The summed E-state index contributed by atoms with van der Waals surface area (Å²) in [5.74, 6) is -0.404. The molecule has 0 fully saturated rings. The van der Waals surface area contributed by atoms with E-state index in [1.54, 1.807) is 23.9 Å². The van der Waals surface area contributed by atoms with E-state index in [0.717, 1.165) is 17.0 Å². The second-order valence-corrected chi connectivity index (χ2v) is 5.60. The Balaban J connectivity index is 1.98. The van der Waals surface area contributed by atoms with Crippen molar-refractivity contribution in [2.75, 3.05) is 6.61 Å². The van der Waals surface area contributed by atoms with Gasteiger partial charge in [0.1, 0.15) is 0 Å². The molecule has 0 spiro atoms. The smallest absolute Gasteiger partial charge is 0.422 e. The van der Waals surface area contributed by atoms with E-state index >= 15 is 0 Å². The normalized spacial score (nSPS) is 11.4. The van der Waals surface area contributed by atoms with Crippen molar-refractivity contribution in [3.8, 4) is 5.88 Å². The highest BCUT2D eigenvalue weighted by molar-refractivity contribution is 5.79. The van der Waals surface area contributed by atoms with Crippen molar-refractivity contribution in [3.05, 3.63) is 40.8 Å². The Morgan fingerprint density at radius 1 is 1.36 bits per heavy atom. The highest BCUT2D eigenvalue weighted by Gasteiger charge is 2.29. The summed E-state index contributed by atoms with van der Waals surface area (Å²) >= 11 is 0. The van der Waals surface area contributed by atoms with E-state index in [9.17, 15) is 18.0 Å². The first-order chi connectivity index (χ1) is 11.7. The minimum absolute atomic E-state index is 0.0260. The van der Waals surface area contributed by atoms with Crippen LogP contribution in [0.15, 0.2) is 18.3 Å². The van der Waals surface area contributed by atoms with E-state index in [4.69, 9.17) is 4.74 Å². The van der Waals surface area contributed by atoms with Gasteiger partial charge in [-0.3, -0.25) is 9.48 Å². The molecule has 2 aromatic heterocycles. The van der Waals surface area contributed by atoms with Gasteiger partial charge >= 0.3 is 6.18 Å². The molecule has 6 nitrogen and oxygen atoms in total. The molecule has 0 atom stereocenters. The predicted molar refractivity (Wildman–Crippen MR) is 84.0 cm³/mol. The topological polar surface area (TPSA) is 69.0 Å². The first-order valence-corrected chi connectivity index (χ1v) is 7.56. The Morgan fingerprint density at radius 2 is 2.08 bits per heavy atom. The lowest BCUT2D eigenvalue weighted by molar-refractivity contribution is -0.154. The van der Waals surface area contributed by atoms with Crippen LogP contribution in [0.2, 0.25) is 0 Å². The Bertz CT molecular complexity index is 756. The number of hydrogen-bond acceptors (Lipinski definition) is 4. The molecule has 0 aliphatic rings. The van der Waals surface area contributed by atoms with Gasteiger partial charge in [-0.25, -0.2) is 4.98 Å². The molecule has 0 saturated carbocycles. The number of aromatic nitrogens is 3. The molecule has 1 N–H and O–H groups in total. The van der Waals surface area contributed by atoms with E-state index in [2.05, 4.69) is 15.4 Å². The van der Waals surface area contributed by atoms with Crippen molar-refractivity contribution in [2.24, 2.45) is 7.05 Å². The van der Waals surface area contributed by atoms with Gasteiger partial charge in [0, 0.05) is 36.6 Å². The van der Waals surface area contributed by atoms with Gasteiger partial charge in [0.2, 0.25) is 11.8 Å². The molecule has 1 amide bonds. The molecule has 0 unspecified atom stereocenters. The Hall–Kier alpha value is -2.58. The predicted octanol–water partition coefficient (Wildman–Crippen LogP) is 2.23. The second-order valence-electron chi connectivity index (χ2n) is 5.60. The van der Waals surface area contributed by atoms with E-state index < -0.39 is 12.8 Å². The third kappa shape index (κ3) is 5.20. The molecule has 0 aliphatic carbocycles. The molecule has 0 radical (unpaired) electrons. The number of pyridine rings is 1. The molecular formula is C16H19F3N4O2. The standard InChI is InChI=1S/C16H19F3N4O2/c1-10-13(11(2)23(3)22-10)7-14(24)21-8-12-5-4-6-20-15(12)25-9-16(17,18)19/h4-6H,7-9H2,1-3H3,(H,21,24). The third-order valence-corrected chi connectivity index (χ3v) is 3.69. The third-order valence-electron chi connectivity index (χ3n) is 3.69. The minimum atomic E-state index is -4.45. The Morgan fingerprint density at radius 3 is 2.68 bits per heavy atom. The van der Waals surface area contributed by atoms with Gasteiger partial charge < -0.3 is 10.1 Å².